The van der Waals surface area contributed by atoms with Crippen LogP contribution in [0.25, 0.3) is 10.9 Å². The van der Waals surface area contributed by atoms with Crippen LogP contribution in [-0.2, 0) is 6.54 Å². The fraction of sp³-hybridized carbons (Fsp3) is 0.400. The Hall–Kier alpha value is -1.12. The summed E-state index contributed by atoms with van der Waals surface area (Å²) in [5.41, 5.74) is 2.15. The van der Waals surface area contributed by atoms with Crippen molar-refractivity contribution in [1.29, 1.82) is 0 Å². The van der Waals surface area contributed by atoms with E-state index >= 15 is 0 Å². The first-order chi connectivity index (χ1) is 8.79. The first-order valence-corrected chi connectivity index (χ1v) is 6.94. The lowest BCUT2D eigenvalue weighted by Crippen LogP contribution is -2.21. The molecule has 0 fully saturated rings. The van der Waals surface area contributed by atoms with Crippen molar-refractivity contribution >= 4 is 22.5 Å². The zero-order valence-corrected chi connectivity index (χ0v) is 11.5. The van der Waals surface area contributed by atoms with E-state index in [1.165, 1.54) is 5.39 Å². The second-order valence-corrected chi connectivity index (χ2v) is 5.09. The molecule has 0 aliphatic rings. The van der Waals surface area contributed by atoms with Crippen LogP contribution in [0, 0.1) is 5.92 Å². The summed E-state index contributed by atoms with van der Waals surface area (Å²) < 4.78 is 0. The molecule has 3 heteroatoms. The molecule has 0 aliphatic heterocycles. The van der Waals surface area contributed by atoms with Crippen LogP contribution in [0.3, 0.4) is 0 Å². The number of nitrogens with zero attached hydrogens (tertiary/aromatic N) is 1. The second kappa shape index (κ2) is 6.72. The van der Waals surface area contributed by atoms with Crippen LogP contribution < -0.4 is 5.32 Å². The molecule has 0 saturated carbocycles. The minimum absolute atomic E-state index is 0.614. The molecule has 1 heterocycles. The average molecular weight is 263 g/mol. The average Bonchev–Trinajstić information content (AvgIpc) is 2.39. The van der Waals surface area contributed by atoms with Gasteiger partial charge in [0.05, 0.1) is 11.2 Å². The molecular formula is C15H19ClN2. The fourth-order valence-corrected chi connectivity index (χ4v) is 2.31. The summed E-state index contributed by atoms with van der Waals surface area (Å²) in [6, 6.07) is 12.4. The van der Waals surface area contributed by atoms with Gasteiger partial charge in [0.25, 0.3) is 0 Å². The third kappa shape index (κ3) is 3.69. The number of hydrogen-bond acceptors (Lipinski definition) is 2. The van der Waals surface area contributed by atoms with Gasteiger partial charge in [-0.2, -0.15) is 0 Å². The summed E-state index contributed by atoms with van der Waals surface area (Å²) in [6.07, 6.45) is 1.06. The lowest BCUT2D eigenvalue weighted by Gasteiger charge is -2.10. The number of benzene rings is 1. The Morgan fingerprint density at radius 1 is 1.22 bits per heavy atom. The van der Waals surface area contributed by atoms with Gasteiger partial charge >= 0.3 is 0 Å². The molecule has 2 rings (SSSR count). The summed E-state index contributed by atoms with van der Waals surface area (Å²) >= 11 is 5.72. The van der Waals surface area contributed by atoms with Crippen LogP contribution in [0.15, 0.2) is 36.4 Å². The highest BCUT2D eigenvalue weighted by Gasteiger charge is 2.01. The van der Waals surface area contributed by atoms with E-state index in [9.17, 15) is 0 Å². The summed E-state index contributed by atoms with van der Waals surface area (Å²) in [5.74, 6) is 1.35. The van der Waals surface area contributed by atoms with E-state index < -0.39 is 0 Å². The Labute approximate surface area is 113 Å². The highest BCUT2D eigenvalue weighted by Crippen LogP contribution is 2.11. The monoisotopic (exact) mass is 262 g/mol. The predicted molar refractivity (Wildman–Crippen MR) is 78.0 cm³/mol. The number of nitrogens with one attached hydrogen (secondary N) is 1. The number of rotatable bonds is 6. The van der Waals surface area contributed by atoms with Gasteiger partial charge < -0.3 is 5.32 Å². The Morgan fingerprint density at radius 3 is 2.89 bits per heavy atom. The van der Waals surface area contributed by atoms with Crippen LogP contribution in [0.4, 0.5) is 0 Å². The highest BCUT2D eigenvalue weighted by atomic mass is 35.5. The molecule has 18 heavy (non-hydrogen) atoms. The molecule has 0 amide bonds. The van der Waals surface area contributed by atoms with Gasteiger partial charge in [-0.1, -0.05) is 31.2 Å². The molecule has 1 aromatic heterocycles. The van der Waals surface area contributed by atoms with Crippen LogP contribution in [-0.4, -0.2) is 17.4 Å². The standard InChI is InChI=1S/C15H19ClN2/c1-12(8-9-16)10-17-11-14-7-6-13-4-2-3-5-15(13)18-14/h2-7,12,17H,8-11H2,1H3. The number of aromatic nitrogens is 1. The van der Waals surface area contributed by atoms with Crippen LogP contribution >= 0.6 is 11.6 Å². The van der Waals surface area contributed by atoms with Crippen molar-refractivity contribution in [3.63, 3.8) is 0 Å². The lowest BCUT2D eigenvalue weighted by atomic mass is 10.1. The van der Waals surface area contributed by atoms with Crippen molar-refractivity contribution in [2.24, 2.45) is 5.92 Å². The van der Waals surface area contributed by atoms with Crippen molar-refractivity contribution < 1.29 is 0 Å². The molecule has 0 radical (unpaired) electrons. The second-order valence-electron chi connectivity index (χ2n) is 4.71. The lowest BCUT2D eigenvalue weighted by molar-refractivity contribution is 0.500. The topological polar surface area (TPSA) is 24.9 Å². The van der Waals surface area contributed by atoms with E-state index in [-0.39, 0.29) is 0 Å². The minimum atomic E-state index is 0.614. The quantitative estimate of drug-likeness (QED) is 0.805. The fourth-order valence-electron chi connectivity index (χ4n) is 1.94. The van der Waals surface area contributed by atoms with E-state index in [1.807, 2.05) is 12.1 Å². The molecule has 0 saturated heterocycles. The Kier molecular flexibility index (Phi) is 4.97. The maximum absolute atomic E-state index is 5.72. The van der Waals surface area contributed by atoms with Crippen molar-refractivity contribution in [3.8, 4) is 0 Å². The summed E-state index contributed by atoms with van der Waals surface area (Å²) in [4.78, 5) is 4.63. The molecule has 1 unspecified atom stereocenters. The Bertz CT molecular complexity index is 499. The van der Waals surface area contributed by atoms with Crippen molar-refractivity contribution in [1.82, 2.24) is 10.3 Å². The number of hydrogen-bond donors (Lipinski definition) is 1. The van der Waals surface area contributed by atoms with Gasteiger partial charge in [-0.05, 0) is 31.0 Å². The van der Waals surface area contributed by atoms with Crippen LogP contribution in [0.2, 0.25) is 0 Å². The zero-order valence-electron chi connectivity index (χ0n) is 10.7. The van der Waals surface area contributed by atoms with E-state index in [0.717, 1.165) is 36.6 Å². The van der Waals surface area contributed by atoms with Crippen LogP contribution in [0.5, 0.6) is 0 Å². The van der Waals surface area contributed by atoms with Gasteiger partial charge in [0.1, 0.15) is 0 Å². The van der Waals surface area contributed by atoms with Crippen molar-refractivity contribution in [2.45, 2.75) is 19.9 Å². The smallest absolute Gasteiger partial charge is 0.0705 e. The molecule has 0 bridgehead atoms. The number of pyridine rings is 1. The third-order valence-electron chi connectivity index (χ3n) is 3.06. The van der Waals surface area contributed by atoms with Gasteiger partial charge in [0, 0.05) is 17.8 Å². The summed E-state index contributed by atoms with van der Waals surface area (Å²) in [6.45, 7) is 4.02. The van der Waals surface area contributed by atoms with E-state index in [2.05, 4.69) is 41.5 Å². The molecular weight excluding hydrogens is 244 g/mol. The molecule has 2 nitrogen and oxygen atoms in total. The molecule has 0 spiro atoms. The maximum atomic E-state index is 5.72. The molecule has 1 atom stereocenters. The highest BCUT2D eigenvalue weighted by molar-refractivity contribution is 6.17. The van der Waals surface area contributed by atoms with Gasteiger partial charge in [0.15, 0.2) is 0 Å². The molecule has 0 aliphatic carbocycles. The number of alkyl halides is 1. The van der Waals surface area contributed by atoms with Crippen molar-refractivity contribution in [2.75, 3.05) is 12.4 Å². The van der Waals surface area contributed by atoms with E-state index in [4.69, 9.17) is 11.6 Å². The Balaban J connectivity index is 1.91. The van der Waals surface area contributed by atoms with E-state index in [1.54, 1.807) is 0 Å². The largest absolute Gasteiger partial charge is 0.311 e. The van der Waals surface area contributed by atoms with Gasteiger partial charge in [-0.25, -0.2) is 0 Å². The Morgan fingerprint density at radius 2 is 2.06 bits per heavy atom. The minimum Gasteiger partial charge on any atom is -0.311 e. The molecule has 2 aromatic rings. The molecule has 96 valence electrons. The summed E-state index contributed by atoms with van der Waals surface area (Å²) in [7, 11) is 0. The third-order valence-corrected chi connectivity index (χ3v) is 3.28. The van der Waals surface area contributed by atoms with Crippen molar-refractivity contribution in [3.05, 3.63) is 42.1 Å². The number of para-hydroxylation sites is 1. The number of fused-ring (bicyclic) bond motifs is 1. The number of halogens is 1. The van der Waals surface area contributed by atoms with Gasteiger partial charge in [-0.3, -0.25) is 4.98 Å². The molecule has 1 N–H and O–H groups in total. The molecule has 1 aromatic carbocycles. The van der Waals surface area contributed by atoms with Crippen LogP contribution in [0.1, 0.15) is 19.0 Å². The maximum Gasteiger partial charge on any atom is 0.0705 e. The first-order valence-electron chi connectivity index (χ1n) is 6.41. The van der Waals surface area contributed by atoms with E-state index in [0.29, 0.717) is 5.92 Å². The van der Waals surface area contributed by atoms with Gasteiger partial charge in [0.2, 0.25) is 0 Å². The zero-order chi connectivity index (χ0) is 12.8. The SMILES string of the molecule is CC(CCCl)CNCc1ccc2ccccc2n1. The first kappa shape index (κ1) is 13.3. The predicted octanol–water partition coefficient (Wildman–Crippen LogP) is 3.59. The summed E-state index contributed by atoms with van der Waals surface area (Å²) in [5, 5.41) is 4.62. The normalized spacial score (nSPS) is 12.8. The van der Waals surface area contributed by atoms with Gasteiger partial charge in [-0.15, -0.1) is 11.6 Å².